The van der Waals surface area contributed by atoms with Crippen molar-refractivity contribution in [1.29, 1.82) is 0 Å². The van der Waals surface area contributed by atoms with Gasteiger partial charge >= 0.3 is 5.97 Å². The van der Waals surface area contributed by atoms with Gasteiger partial charge in [-0.05, 0) is 23.6 Å². The summed E-state index contributed by atoms with van der Waals surface area (Å²) in [5.74, 6) is 0.222. The molecule has 0 radical (unpaired) electrons. The molecule has 0 spiro atoms. The molecule has 0 aliphatic rings. The molecule has 1 unspecified atom stereocenters. The van der Waals surface area contributed by atoms with Crippen LogP contribution in [0, 0.1) is 0 Å². The van der Waals surface area contributed by atoms with Gasteiger partial charge in [-0.3, -0.25) is 9.59 Å². The van der Waals surface area contributed by atoms with E-state index in [1.54, 1.807) is 24.5 Å². The molecule has 0 fully saturated rings. The van der Waals surface area contributed by atoms with Crippen molar-refractivity contribution >= 4 is 22.6 Å². The minimum Gasteiger partial charge on any atom is -0.489 e. The number of aromatic nitrogens is 1. The Morgan fingerprint density at radius 2 is 1.73 bits per heavy atom. The normalized spacial score (nSPS) is 12.5. The largest absolute Gasteiger partial charge is 0.489 e. The summed E-state index contributed by atoms with van der Waals surface area (Å²) < 4.78 is 13.5. The fraction of sp³-hybridized carbons (Fsp3) is 0.292. The Morgan fingerprint density at radius 3 is 2.53 bits per heavy atom. The van der Waals surface area contributed by atoms with E-state index in [-0.39, 0.29) is 24.9 Å². The Kier molecular flexibility index (Phi) is 7.38. The highest BCUT2D eigenvalue weighted by atomic mass is 16.6. The quantitative estimate of drug-likeness (QED) is 0.533. The molecule has 3 rings (SSSR count). The van der Waals surface area contributed by atoms with Crippen LogP contribution in [0.5, 0.6) is 5.75 Å². The molecule has 1 heterocycles. The summed E-state index contributed by atoms with van der Waals surface area (Å²) >= 11 is 0. The molecule has 6 heteroatoms. The van der Waals surface area contributed by atoms with Crippen molar-refractivity contribution in [2.24, 2.45) is 4.99 Å². The molecule has 0 saturated carbocycles. The lowest BCUT2D eigenvalue weighted by atomic mass is 10.1. The first-order chi connectivity index (χ1) is 14.6. The minimum absolute atomic E-state index is 0.183. The van der Waals surface area contributed by atoms with Crippen LogP contribution in [0.3, 0.4) is 0 Å². The van der Waals surface area contributed by atoms with Gasteiger partial charge in [0.05, 0.1) is 6.54 Å². The molecule has 2 aromatic carbocycles. The Balaban J connectivity index is 1.83. The highest BCUT2D eigenvalue weighted by molar-refractivity contribution is 5.88. The van der Waals surface area contributed by atoms with Gasteiger partial charge in [-0.2, -0.15) is 4.99 Å². The van der Waals surface area contributed by atoms with E-state index in [2.05, 4.69) is 4.99 Å². The van der Waals surface area contributed by atoms with Gasteiger partial charge in [0.15, 0.2) is 6.10 Å². The predicted molar refractivity (Wildman–Crippen MR) is 115 cm³/mol. The van der Waals surface area contributed by atoms with E-state index in [1.807, 2.05) is 60.8 Å². The predicted octanol–water partition coefficient (Wildman–Crippen LogP) is 3.88. The van der Waals surface area contributed by atoms with Gasteiger partial charge in [0, 0.05) is 24.4 Å². The van der Waals surface area contributed by atoms with Gasteiger partial charge in [-0.15, -0.1) is 0 Å². The Bertz CT molecular complexity index is 1080. The van der Waals surface area contributed by atoms with E-state index in [0.29, 0.717) is 18.5 Å². The second kappa shape index (κ2) is 10.4. The van der Waals surface area contributed by atoms with Gasteiger partial charge in [0.1, 0.15) is 17.8 Å². The number of carbonyl (C=O) groups excluding carboxylic acids is 2. The molecule has 6 nitrogen and oxygen atoms in total. The Labute approximate surface area is 175 Å². The summed E-state index contributed by atoms with van der Waals surface area (Å²) in [5, 5.41) is 2.07. The summed E-state index contributed by atoms with van der Waals surface area (Å²) in [6.07, 6.45) is 1.88. The number of hydrogen-bond acceptors (Lipinski definition) is 4. The van der Waals surface area contributed by atoms with Crippen molar-refractivity contribution in [3.05, 3.63) is 72.3 Å². The fourth-order valence-electron chi connectivity index (χ4n) is 3.05. The van der Waals surface area contributed by atoms with Gasteiger partial charge in [-0.1, -0.05) is 56.3 Å². The van der Waals surface area contributed by atoms with E-state index < -0.39 is 6.10 Å². The van der Waals surface area contributed by atoms with Crippen LogP contribution in [-0.2, 0) is 20.9 Å². The standard InChI is InChI=1S/C24H26N2O4/c1-3-23(27)25-22-14-7-8-15-26(22)16-19(30-24(28)4-2)17-29-21-13-9-11-18-10-5-6-12-20(18)21/h5-15,19H,3-4,16-17H2,1-2H3. The zero-order valence-corrected chi connectivity index (χ0v) is 17.3. The number of nitrogens with zero attached hydrogens (tertiary/aromatic N) is 2. The molecule has 0 bridgehead atoms. The molecule has 3 aromatic rings. The second-order valence-corrected chi connectivity index (χ2v) is 6.82. The lowest BCUT2D eigenvalue weighted by Crippen LogP contribution is -2.34. The van der Waals surface area contributed by atoms with Gasteiger partial charge in [0.25, 0.3) is 0 Å². The summed E-state index contributed by atoms with van der Waals surface area (Å²) in [7, 11) is 0. The number of carbonyl (C=O) groups is 2. The average molecular weight is 406 g/mol. The maximum Gasteiger partial charge on any atom is 0.305 e. The average Bonchev–Trinajstić information content (AvgIpc) is 2.78. The van der Waals surface area contributed by atoms with E-state index in [4.69, 9.17) is 9.47 Å². The smallest absolute Gasteiger partial charge is 0.305 e. The molecule has 0 N–H and O–H groups in total. The van der Waals surface area contributed by atoms with Crippen LogP contribution in [0.25, 0.3) is 10.8 Å². The zero-order chi connectivity index (χ0) is 21.3. The Morgan fingerprint density at radius 1 is 0.967 bits per heavy atom. The molecule has 156 valence electrons. The molecule has 1 atom stereocenters. The van der Waals surface area contributed by atoms with E-state index in [1.165, 1.54) is 0 Å². The Hall–Kier alpha value is -3.41. The van der Waals surface area contributed by atoms with Crippen LogP contribution in [0.1, 0.15) is 26.7 Å². The molecule has 30 heavy (non-hydrogen) atoms. The first kappa shape index (κ1) is 21.3. The van der Waals surface area contributed by atoms with Crippen molar-refractivity contribution in [2.75, 3.05) is 6.61 Å². The molecule has 0 saturated heterocycles. The second-order valence-electron chi connectivity index (χ2n) is 6.82. The summed E-state index contributed by atoms with van der Waals surface area (Å²) in [6.45, 7) is 4.03. The first-order valence-corrected chi connectivity index (χ1v) is 10.1. The van der Waals surface area contributed by atoms with Crippen LogP contribution < -0.4 is 10.2 Å². The van der Waals surface area contributed by atoms with Crippen LogP contribution in [0.4, 0.5) is 0 Å². The van der Waals surface area contributed by atoms with E-state index >= 15 is 0 Å². The fourth-order valence-corrected chi connectivity index (χ4v) is 3.05. The summed E-state index contributed by atoms with van der Waals surface area (Å²) in [4.78, 5) is 27.9. The lowest BCUT2D eigenvalue weighted by molar-refractivity contribution is -0.151. The third-order valence-electron chi connectivity index (χ3n) is 4.62. The van der Waals surface area contributed by atoms with Crippen molar-refractivity contribution in [3.8, 4) is 5.75 Å². The van der Waals surface area contributed by atoms with Gasteiger partial charge in [-0.25, -0.2) is 0 Å². The van der Waals surface area contributed by atoms with Gasteiger partial charge in [0.2, 0.25) is 5.91 Å². The monoisotopic (exact) mass is 406 g/mol. The van der Waals surface area contributed by atoms with Crippen molar-refractivity contribution in [3.63, 3.8) is 0 Å². The lowest BCUT2D eigenvalue weighted by Gasteiger charge is -2.20. The number of benzene rings is 2. The van der Waals surface area contributed by atoms with Crippen molar-refractivity contribution in [1.82, 2.24) is 4.57 Å². The molecular weight excluding hydrogens is 380 g/mol. The number of pyridine rings is 1. The molecular formula is C24H26N2O4. The van der Waals surface area contributed by atoms with Crippen LogP contribution >= 0.6 is 0 Å². The number of esters is 1. The first-order valence-electron chi connectivity index (χ1n) is 10.1. The van der Waals surface area contributed by atoms with Crippen LogP contribution in [-0.4, -0.2) is 29.2 Å². The maximum absolute atomic E-state index is 12.0. The molecule has 1 aromatic heterocycles. The third-order valence-corrected chi connectivity index (χ3v) is 4.62. The number of amides is 1. The minimum atomic E-state index is -0.533. The SMILES string of the molecule is CCC(=O)N=c1ccccn1CC(COc1cccc2ccccc12)OC(=O)CC. The van der Waals surface area contributed by atoms with E-state index in [0.717, 1.165) is 16.5 Å². The molecule has 0 aliphatic carbocycles. The van der Waals surface area contributed by atoms with Crippen molar-refractivity contribution in [2.45, 2.75) is 39.3 Å². The van der Waals surface area contributed by atoms with E-state index in [9.17, 15) is 9.59 Å². The maximum atomic E-state index is 12.0. The number of rotatable bonds is 8. The van der Waals surface area contributed by atoms with Crippen LogP contribution in [0.15, 0.2) is 71.9 Å². The van der Waals surface area contributed by atoms with Gasteiger partial charge < -0.3 is 14.0 Å². The molecule has 1 amide bonds. The summed E-state index contributed by atoms with van der Waals surface area (Å²) in [5.41, 5.74) is 0.520. The number of hydrogen-bond donors (Lipinski definition) is 0. The zero-order valence-electron chi connectivity index (χ0n) is 17.3. The number of ether oxygens (including phenoxy) is 2. The topological polar surface area (TPSA) is 69.9 Å². The highest BCUT2D eigenvalue weighted by Crippen LogP contribution is 2.25. The third kappa shape index (κ3) is 5.56. The van der Waals surface area contributed by atoms with Crippen molar-refractivity contribution < 1.29 is 19.1 Å². The number of fused-ring (bicyclic) bond motifs is 1. The molecule has 0 aliphatic heterocycles. The summed E-state index contributed by atoms with van der Waals surface area (Å²) in [6, 6.07) is 19.2. The highest BCUT2D eigenvalue weighted by Gasteiger charge is 2.16. The van der Waals surface area contributed by atoms with Crippen LogP contribution in [0.2, 0.25) is 0 Å².